The largest absolute Gasteiger partial charge is 0.394 e. The molecule has 0 unspecified atom stereocenters. The minimum absolute atomic E-state index is 0.188. The number of rotatable bonds is 7. The summed E-state index contributed by atoms with van der Waals surface area (Å²) < 4.78 is 1.12. The van der Waals surface area contributed by atoms with Gasteiger partial charge in [-0.25, -0.2) is 0 Å². The van der Waals surface area contributed by atoms with Gasteiger partial charge in [-0.1, -0.05) is 42.5 Å². The summed E-state index contributed by atoms with van der Waals surface area (Å²) >= 11 is 2.24. The number of hydrogen-bond acceptors (Lipinski definition) is 5. The minimum atomic E-state index is -0.809. The molecule has 0 aliphatic carbocycles. The fraction of sp³-hybridized carbons (Fsp3) is 0.409. The molecule has 29 heavy (non-hydrogen) atoms. The lowest BCUT2D eigenvalue weighted by Crippen LogP contribution is -2.49. The average Bonchev–Trinajstić information content (AvgIpc) is 3.09. The normalized spacial score (nSPS) is 24.2. The van der Waals surface area contributed by atoms with E-state index in [2.05, 4.69) is 27.9 Å². The van der Waals surface area contributed by atoms with Crippen molar-refractivity contribution in [3.63, 3.8) is 0 Å². The van der Waals surface area contributed by atoms with Crippen LogP contribution in [0.2, 0.25) is 0 Å². The lowest BCUT2D eigenvalue weighted by molar-refractivity contribution is -0.182. The Morgan fingerprint density at radius 1 is 1.17 bits per heavy atom. The zero-order chi connectivity index (χ0) is 21.0. The Morgan fingerprint density at radius 2 is 1.83 bits per heavy atom. The summed E-state index contributed by atoms with van der Waals surface area (Å²) in [5.41, 5.74) is 1.98. The number of nitrogens with zero attached hydrogens (tertiary/aromatic N) is 1. The first-order valence-electron chi connectivity index (χ1n) is 9.72. The molecule has 2 aromatic rings. The highest BCUT2D eigenvalue weighted by molar-refractivity contribution is 14.1. The van der Waals surface area contributed by atoms with Gasteiger partial charge in [0.05, 0.1) is 25.3 Å². The maximum atomic E-state index is 13.2. The number of amides is 1. The van der Waals surface area contributed by atoms with Gasteiger partial charge < -0.3 is 15.5 Å². The molecule has 1 aliphatic heterocycles. The van der Waals surface area contributed by atoms with Gasteiger partial charge in [-0.2, -0.15) is 5.06 Å². The van der Waals surface area contributed by atoms with Gasteiger partial charge in [-0.05, 0) is 59.7 Å². The second-order valence-electron chi connectivity index (χ2n) is 7.43. The molecule has 0 saturated carbocycles. The maximum Gasteiger partial charge on any atom is 0.240 e. The number of benzene rings is 2. The third kappa shape index (κ3) is 5.35. The summed E-state index contributed by atoms with van der Waals surface area (Å²) in [7, 11) is 0. The fourth-order valence-electron chi connectivity index (χ4n) is 3.77. The van der Waals surface area contributed by atoms with Crippen LogP contribution in [0.3, 0.4) is 0 Å². The summed E-state index contributed by atoms with van der Waals surface area (Å²) in [6.07, 6.45) is -1.45. The van der Waals surface area contributed by atoms with E-state index >= 15 is 0 Å². The van der Waals surface area contributed by atoms with Gasteiger partial charge in [-0.15, -0.1) is 0 Å². The predicted octanol–water partition coefficient (Wildman–Crippen LogP) is 2.64. The second kappa shape index (κ2) is 9.99. The minimum Gasteiger partial charge on any atom is -0.394 e. The van der Waals surface area contributed by atoms with E-state index in [1.807, 2.05) is 61.5 Å². The van der Waals surface area contributed by atoms with E-state index in [1.165, 1.54) is 0 Å². The summed E-state index contributed by atoms with van der Waals surface area (Å²) in [6.45, 7) is 3.67. The molecule has 0 radical (unpaired) electrons. The van der Waals surface area contributed by atoms with Crippen LogP contribution in [0.4, 0.5) is 0 Å². The topological polar surface area (TPSA) is 82.0 Å². The molecule has 0 aromatic heterocycles. The Balaban J connectivity index is 1.82. The molecule has 1 aliphatic rings. The van der Waals surface area contributed by atoms with Crippen molar-refractivity contribution >= 4 is 28.5 Å². The van der Waals surface area contributed by atoms with Gasteiger partial charge in [0.25, 0.3) is 0 Å². The van der Waals surface area contributed by atoms with Crippen LogP contribution in [0.1, 0.15) is 31.0 Å². The Kier molecular flexibility index (Phi) is 7.64. The highest BCUT2D eigenvalue weighted by atomic mass is 127. The van der Waals surface area contributed by atoms with E-state index in [4.69, 9.17) is 4.84 Å². The maximum absolute atomic E-state index is 13.2. The number of hydrogen-bond donors (Lipinski definition) is 3. The fourth-order valence-corrected chi connectivity index (χ4v) is 4.13. The standard InChI is InChI=1S/C22H27IN2O4/c1-14(17-6-4-3-5-7-17)24-22(28)21-20(15(2)27)19(13-26)29-25(21)12-16-8-10-18(23)11-9-16/h3-11,14-15,19-21,26-27H,12-13H2,1-2H3,(H,24,28)/t14-,15-,19-,20+,21-/m1/s1. The highest BCUT2D eigenvalue weighted by Gasteiger charge is 2.49. The molecule has 0 bridgehead atoms. The van der Waals surface area contributed by atoms with Crippen LogP contribution in [0, 0.1) is 9.49 Å². The monoisotopic (exact) mass is 510 g/mol. The molecule has 1 heterocycles. The van der Waals surface area contributed by atoms with Gasteiger partial charge in [0.2, 0.25) is 5.91 Å². The van der Waals surface area contributed by atoms with Crippen molar-refractivity contribution in [1.82, 2.24) is 10.4 Å². The van der Waals surface area contributed by atoms with Crippen molar-refractivity contribution in [2.45, 2.75) is 44.7 Å². The molecule has 1 saturated heterocycles. The second-order valence-corrected chi connectivity index (χ2v) is 8.68. The van der Waals surface area contributed by atoms with Crippen LogP contribution in [0.15, 0.2) is 54.6 Å². The molecule has 7 heteroatoms. The van der Waals surface area contributed by atoms with Gasteiger partial charge in [0, 0.05) is 9.49 Å². The lowest BCUT2D eigenvalue weighted by atomic mass is 9.89. The van der Waals surface area contributed by atoms with Crippen molar-refractivity contribution in [3.8, 4) is 0 Å². The van der Waals surface area contributed by atoms with Crippen molar-refractivity contribution in [2.24, 2.45) is 5.92 Å². The van der Waals surface area contributed by atoms with E-state index in [0.29, 0.717) is 6.54 Å². The zero-order valence-corrected chi connectivity index (χ0v) is 18.7. The van der Waals surface area contributed by atoms with Crippen LogP contribution in [0.25, 0.3) is 0 Å². The van der Waals surface area contributed by atoms with E-state index in [1.54, 1.807) is 12.0 Å². The Labute approximate surface area is 185 Å². The Morgan fingerprint density at radius 3 is 2.41 bits per heavy atom. The number of nitrogens with one attached hydrogen (secondary N) is 1. The molecule has 2 aromatic carbocycles. The quantitative estimate of drug-likeness (QED) is 0.500. The van der Waals surface area contributed by atoms with E-state index in [0.717, 1.165) is 14.7 Å². The molecule has 1 fully saturated rings. The van der Waals surface area contributed by atoms with E-state index in [-0.39, 0.29) is 18.6 Å². The number of carbonyl (C=O) groups is 1. The zero-order valence-electron chi connectivity index (χ0n) is 16.5. The van der Waals surface area contributed by atoms with Crippen LogP contribution < -0.4 is 5.32 Å². The number of aliphatic hydroxyl groups is 2. The number of hydroxylamine groups is 2. The number of aliphatic hydroxyl groups excluding tert-OH is 2. The molecular formula is C22H27IN2O4. The van der Waals surface area contributed by atoms with Gasteiger partial charge in [0.1, 0.15) is 12.1 Å². The highest BCUT2D eigenvalue weighted by Crippen LogP contribution is 2.32. The first-order chi connectivity index (χ1) is 13.9. The van der Waals surface area contributed by atoms with E-state index < -0.39 is 24.2 Å². The van der Waals surface area contributed by atoms with Gasteiger partial charge >= 0.3 is 0 Å². The summed E-state index contributed by atoms with van der Waals surface area (Å²) in [4.78, 5) is 19.1. The van der Waals surface area contributed by atoms with Gasteiger partial charge in [-0.3, -0.25) is 9.63 Å². The van der Waals surface area contributed by atoms with Crippen LogP contribution in [0.5, 0.6) is 0 Å². The summed E-state index contributed by atoms with van der Waals surface area (Å²) in [6, 6.07) is 16.8. The van der Waals surface area contributed by atoms with Crippen LogP contribution >= 0.6 is 22.6 Å². The lowest BCUT2D eigenvalue weighted by Gasteiger charge is -2.28. The SMILES string of the molecule is C[C@@H](NC(=O)[C@H]1[C@@H]([C@@H](C)O)[C@@H](CO)ON1Cc1ccc(I)cc1)c1ccccc1. The third-order valence-corrected chi connectivity index (χ3v) is 6.01. The van der Waals surface area contributed by atoms with Crippen LogP contribution in [-0.2, 0) is 16.2 Å². The smallest absolute Gasteiger partial charge is 0.240 e. The molecule has 5 atom stereocenters. The summed E-state index contributed by atoms with van der Waals surface area (Å²) in [5.74, 6) is -0.763. The molecular weight excluding hydrogens is 483 g/mol. The number of halogens is 1. The first kappa shape index (κ1) is 22.2. The Hall–Kier alpha value is -1.52. The molecule has 3 N–H and O–H groups in total. The van der Waals surface area contributed by atoms with Crippen molar-refractivity contribution in [2.75, 3.05) is 6.61 Å². The molecule has 3 rings (SSSR count). The van der Waals surface area contributed by atoms with E-state index in [9.17, 15) is 15.0 Å². The molecule has 6 nitrogen and oxygen atoms in total. The number of carbonyl (C=O) groups excluding carboxylic acids is 1. The van der Waals surface area contributed by atoms with Crippen molar-refractivity contribution in [3.05, 3.63) is 69.3 Å². The summed E-state index contributed by atoms with van der Waals surface area (Å²) in [5, 5.41) is 24.7. The average molecular weight is 510 g/mol. The van der Waals surface area contributed by atoms with Crippen LogP contribution in [-0.4, -0.2) is 46.0 Å². The molecule has 156 valence electrons. The predicted molar refractivity (Wildman–Crippen MR) is 119 cm³/mol. The van der Waals surface area contributed by atoms with Gasteiger partial charge in [0.15, 0.2) is 0 Å². The molecule has 0 spiro atoms. The first-order valence-corrected chi connectivity index (χ1v) is 10.8. The Bertz CT molecular complexity index is 800. The molecule has 1 amide bonds. The van der Waals surface area contributed by atoms with Crippen molar-refractivity contribution < 1.29 is 19.8 Å². The third-order valence-electron chi connectivity index (χ3n) is 5.29. The van der Waals surface area contributed by atoms with Crippen molar-refractivity contribution in [1.29, 1.82) is 0 Å².